The molecule has 1 aromatic rings. The van der Waals surface area contributed by atoms with Crippen LogP contribution in [0.3, 0.4) is 0 Å². The number of anilines is 2. The molecule has 2 rings (SSSR count). The van der Waals surface area contributed by atoms with E-state index in [1.165, 1.54) is 7.05 Å². The topological polar surface area (TPSA) is 98.7 Å². The SMILES string of the molecule is CN(c1ccccc1NC(=O)N[C@H]1CCCC[C@@H]1O)S(C)(=O)=O. The molecule has 0 bridgehead atoms. The van der Waals surface area contributed by atoms with Crippen LogP contribution in [-0.2, 0) is 10.0 Å². The Morgan fingerprint density at radius 1 is 1.26 bits per heavy atom. The molecule has 0 spiro atoms. The minimum absolute atomic E-state index is 0.274. The molecule has 0 saturated heterocycles. The van der Waals surface area contributed by atoms with E-state index in [4.69, 9.17) is 0 Å². The van der Waals surface area contributed by atoms with Crippen molar-refractivity contribution in [2.45, 2.75) is 37.8 Å². The number of nitrogens with one attached hydrogen (secondary N) is 2. The van der Waals surface area contributed by atoms with Gasteiger partial charge < -0.3 is 15.7 Å². The first kappa shape index (κ1) is 17.6. The molecule has 1 aliphatic rings. The van der Waals surface area contributed by atoms with Crippen molar-refractivity contribution in [2.24, 2.45) is 0 Å². The first-order chi connectivity index (χ1) is 10.8. The van der Waals surface area contributed by atoms with Gasteiger partial charge in [0.25, 0.3) is 0 Å². The number of amides is 2. The summed E-state index contributed by atoms with van der Waals surface area (Å²) in [5.41, 5.74) is 0.776. The van der Waals surface area contributed by atoms with E-state index in [1.807, 2.05) is 0 Å². The number of carbonyl (C=O) groups is 1. The number of sulfonamides is 1. The molecule has 8 heteroatoms. The molecule has 128 valence electrons. The fraction of sp³-hybridized carbons (Fsp3) is 0.533. The Bertz CT molecular complexity index is 662. The predicted octanol–water partition coefficient (Wildman–Crippen LogP) is 1.51. The van der Waals surface area contributed by atoms with E-state index in [2.05, 4.69) is 10.6 Å². The minimum Gasteiger partial charge on any atom is -0.391 e. The second-order valence-electron chi connectivity index (χ2n) is 5.80. The van der Waals surface area contributed by atoms with Crippen molar-refractivity contribution >= 4 is 27.4 Å². The number of aliphatic hydroxyl groups excluding tert-OH is 1. The highest BCUT2D eigenvalue weighted by Crippen LogP contribution is 2.26. The van der Waals surface area contributed by atoms with E-state index in [0.717, 1.165) is 29.8 Å². The van der Waals surface area contributed by atoms with Gasteiger partial charge >= 0.3 is 6.03 Å². The molecule has 1 fully saturated rings. The second kappa shape index (κ2) is 7.18. The fourth-order valence-electron chi connectivity index (χ4n) is 2.64. The van der Waals surface area contributed by atoms with Crippen molar-refractivity contribution in [1.82, 2.24) is 5.32 Å². The predicted molar refractivity (Wildman–Crippen MR) is 90.1 cm³/mol. The number of carbonyl (C=O) groups excluding carboxylic acids is 1. The summed E-state index contributed by atoms with van der Waals surface area (Å²) in [5.74, 6) is 0. The number of nitrogens with zero attached hydrogens (tertiary/aromatic N) is 1. The van der Waals surface area contributed by atoms with Gasteiger partial charge in [0.15, 0.2) is 0 Å². The van der Waals surface area contributed by atoms with Crippen LogP contribution in [0.4, 0.5) is 16.2 Å². The smallest absolute Gasteiger partial charge is 0.319 e. The number of hydrogen-bond acceptors (Lipinski definition) is 4. The average Bonchev–Trinajstić information content (AvgIpc) is 2.48. The van der Waals surface area contributed by atoms with Gasteiger partial charge in [-0.2, -0.15) is 0 Å². The highest BCUT2D eigenvalue weighted by atomic mass is 32.2. The van der Waals surface area contributed by atoms with Gasteiger partial charge in [-0.1, -0.05) is 25.0 Å². The second-order valence-corrected chi connectivity index (χ2v) is 7.82. The normalized spacial score (nSPS) is 21.5. The Hall–Kier alpha value is -1.80. The maximum Gasteiger partial charge on any atom is 0.319 e. The van der Waals surface area contributed by atoms with Gasteiger partial charge in [-0.15, -0.1) is 0 Å². The highest BCUT2D eigenvalue weighted by Gasteiger charge is 2.25. The number of urea groups is 1. The van der Waals surface area contributed by atoms with Crippen molar-refractivity contribution in [3.63, 3.8) is 0 Å². The standard InChI is InChI=1S/C15H23N3O4S/c1-18(23(2,21)22)13-9-5-3-7-11(13)16-15(20)17-12-8-4-6-10-14(12)19/h3,5,7,9,12,14,19H,4,6,8,10H2,1-2H3,(H2,16,17,20)/t12-,14-/m0/s1. The van der Waals surface area contributed by atoms with Gasteiger partial charge in [-0.05, 0) is 25.0 Å². The van der Waals surface area contributed by atoms with E-state index in [9.17, 15) is 18.3 Å². The number of hydrogen-bond donors (Lipinski definition) is 3. The molecule has 0 aliphatic heterocycles. The van der Waals surface area contributed by atoms with Crippen molar-refractivity contribution in [3.05, 3.63) is 24.3 Å². The lowest BCUT2D eigenvalue weighted by Crippen LogP contribution is -2.46. The summed E-state index contributed by atoms with van der Waals surface area (Å²) in [5, 5.41) is 15.3. The maximum atomic E-state index is 12.1. The fourth-order valence-corrected chi connectivity index (χ4v) is 3.16. The van der Waals surface area contributed by atoms with Crippen molar-refractivity contribution in [1.29, 1.82) is 0 Å². The first-order valence-electron chi connectivity index (χ1n) is 7.57. The van der Waals surface area contributed by atoms with Gasteiger partial charge in [0, 0.05) is 7.05 Å². The molecule has 2 atom stereocenters. The van der Waals surface area contributed by atoms with Crippen LogP contribution in [0.2, 0.25) is 0 Å². The Labute approximate surface area is 136 Å². The van der Waals surface area contributed by atoms with Crippen molar-refractivity contribution < 1.29 is 18.3 Å². The minimum atomic E-state index is -3.43. The summed E-state index contributed by atoms with van der Waals surface area (Å²) in [6, 6.07) is 5.93. The molecule has 2 amide bonds. The van der Waals surface area contributed by atoms with Gasteiger partial charge in [0.2, 0.25) is 10.0 Å². The lowest BCUT2D eigenvalue weighted by Gasteiger charge is -2.28. The van der Waals surface area contributed by atoms with Gasteiger partial charge in [0.1, 0.15) is 0 Å². The van der Waals surface area contributed by atoms with Crippen LogP contribution < -0.4 is 14.9 Å². The number of rotatable bonds is 4. The van der Waals surface area contributed by atoms with Gasteiger partial charge in [0.05, 0.1) is 29.8 Å². The summed E-state index contributed by atoms with van der Waals surface area (Å²) in [6.45, 7) is 0. The van der Waals surface area contributed by atoms with Gasteiger partial charge in [-0.3, -0.25) is 4.31 Å². The molecule has 0 heterocycles. The Morgan fingerprint density at radius 2 is 1.91 bits per heavy atom. The van der Waals surface area contributed by atoms with E-state index < -0.39 is 22.2 Å². The molecule has 7 nitrogen and oxygen atoms in total. The van der Waals surface area contributed by atoms with Crippen LogP contribution in [0.15, 0.2) is 24.3 Å². The molecular weight excluding hydrogens is 318 g/mol. The number of para-hydroxylation sites is 2. The Morgan fingerprint density at radius 3 is 2.57 bits per heavy atom. The first-order valence-corrected chi connectivity index (χ1v) is 9.42. The zero-order valence-electron chi connectivity index (χ0n) is 13.3. The quantitative estimate of drug-likeness (QED) is 0.773. The summed E-state index contributed by atoms with van der Waals surface area (Å²) >= 11 is 0. The van der Waals surface area contributed by atoms with Crippen LogP contribution in [0.5, 0.6) is 0 Å². The summed E-state index contributed by atoms with van der Waals surface area (Å²) in [6.07, 6.45) is 3.90. The van der Waals surface area contributed by atoms with E-state index in [1.54, 1.807) is 24.3 Å². The molecule has 0 radical (unpaired) electrons. The number of aliphatic hydroxyl groups is 1. The van der Waals surface area contributed by atoms with E-state index >= 15 is 0 Å². The molecule has 0 aromatic heterocycles. The van der Waals surface area contributed by atoms with E-state index in [0.29, 0.717) is 17.8 Å². The molecule has 0 unspecified atom stereocenters. The molecule has 1 aliphatic carbocycles. The third-order valence-electron chi connectivity index (χ3n) is 4.03. The van der Waals surface area contributed by atoms with Crippen LogP contribution in [0.25, 0.3) is 0 Å². The average molecular weight is 341 g/mol. The van der Waals surface area contributed by atoms with Crippen LogP contribution in [0.1, 0.15) is 25.7 Å². The van der Waals surface area contributed by atoms with Crippen LogP contribution in [-0.4, -0.2) is 45.0 Å². The molecule has 3 N–H and O–H groups in total. The summed E-state index contributed by atoms with van der Waals surface area (Å²) < 4.78 is 24.5. The lowest BCUT2D eigenvalue weighted by molar-refractivity contribution is 0.0955. The molecule has 23 heavy (non-hydrogen) atoms. The monoisotopic (exact) mass is 341 g/mol. The maximum absolute atomic E-state index is 12.1. The highest BCUT2D eigenvalue weighted by molar-refractivity contribution is 7.92. The summed E-state index contributed by atoms with van der Waals surface area (Å²) in [4.78, 5) is 12.1. The lowest BCUT2D eigenvalue weighted by atomic mass is 9.93. The van der Waals surface area contributed by atoms with Crippen molar-refractivity contribution in [3.8, 4) is 0 Å². The van der Waals surface area contributed by atoms with Crippen LogP contribution in [0, 0.1) is 0 Å². The number of benzene rings is 1. The largest absolute Gasteiger partial charge is 0.391 e. The van der Waals surface area contributed by atoms with Gasteiger partial charge in [-0.25, -0.2) is 13.2 Å². The van der Waals surface area contributed by atoms with Crippen LogP contribution >= 0.6 is 0 Å². The molecule has 1 aromatic carbocycles. The zero-order chi connectivity index (χ0) is 17.0. The summed E-state index contributed by atoms with van der Waals surface area (Å²) in [7, 11) is -2.00. The molecular formula is C15H23N3O4S. The Kier molecular flexibility index (Phi) is 5.48. The van der Waals surface area contributed by atoms with E-state index in [-0.39, 0.29) is 6.04 Å². The Balaban J connectivity index is 2.09. The van der Waals surface area contributed by atoms with Crippen molar-refractivity contribution in [2.75, 3.05) is 22.9 Å². The zero-order valence-corrected chi connectivity index (χ0v) is 14.1. The third kappa shape index (κ3) is 4.59. The third-order valence-corrected chi connectivity index (χ3v) is 5.23. The molecule has 1 saturated carbocycles.